The van der Waals surface area contributed by atoms with Crippen molar-refractivity contribution in [2.45, 2.75) is 18.9 Å². The van der Waals surface area contributed by atoms with Crippen LogP contribution >= 0.6 is 0 Å². The normalized spacial score (nSPS) is 17.8. The van der Waals surface area contributed by atoms with Gasteiger partial charge in [-0.15, -0.1) is 6.58 Å². The zero-order valence-corrected chi connectivity index (χ0v) is 11.1. The molecule has 0 bridgehead atoms. The number of unbranched alkanes of at least 4 members (excludes halogenated alkanes) is 1. The number of nitrogens with one attached hydrogen (secondary N) is 1. The Labute approximate surface area is 109 Å². The topological polar surface area (TPSA) is 24.5 Å². The Kier molecular flexibility index (Phi) is 4.65. The molecule has 98 valence electrons. The molecule has 0 fully saturated rings. The Morgan fingerprint density at radius 3 is 3.17 bits per heavy atom. The summed E-state index contributed by atoms with van der Waals surface area (Å²) in [6.07, 6.45) is 4.45. The number of likely N-dealkylation sites (N-methyl/N-ethyl adjacent to an activating group) is 1. The van der Waals surface area contributed by atoms with Crippen LogP contribution in [0.4, 0.5) is 5.69 Å². The van der Waals surface area contributed by atoms with Crippen molar-refractivity contribution in [2.24, 2.45) is 0 Å². The molecule has 0 saturated heterocycles. The highest BCUT2D eigenvalue weighted by Gasteiger charge is 2.19. The average molecular weight is 246 g/mol. The molecular weight excluding hydrogens is 224 g/mol. The molecule has 0 amide bonds. The summed E-state index contributed by atoms with van der Waals surface area (Å²) >= 11 is 0. The van der Waals surface area contributed by atoms with E-state index in [1.54, 1.807) is 0 Å². The maximum Gasteiger partial charge on any atom is 0.142 e. The van der Waals surface area contributed by atoms with E-state index in [1.165, 1.54) is 0 Å². The third-order valence-electron chi connectivity index (χ3n) is 3.16. The highest BCUT2D eigenvalue weighted by Crippen LogP contribution is 2.28. The summed E-state index contributed by atoms with van der Waals surface area (Å²) in [5.74, 6) is 0.966. The molecule has 1 heterocycles. The second kappa shape index (κ2) is 6.45. The van der Waals surface area contributed by atoms with Crippen molar-refractivity contribution in [3.05, 3.63) is 36.9 Å². The molecule has 1 atom stereocenters. The largest absolute Gasteiger partial charge is 0.485 e. The Morgan fingerprint density at radius 1 is 1.50 bits per heavy atom. The van der Waals surface area contributed by atoms with Crippen molar-refractivity contribution in [3.63, 3.8) is 0 Å². The standard InChI is InChI=1S/C15H22N2O/c1-3-4-7-10-17(2)12-13-11-16-14-8-5-6-9-15(14)18-13/h3,5-6,8-9,13,16H,1,4,7,10-12H2,2H3. The van der Waals surface area contributed by atoms with Gasteiger partial charge in [0.15, 0.2) is 0 Å². The Morgan fingerprint density at radius 2 is 2.33 bits per heavy atom. The molecule has 1 aliphatic heterocycles. The number of fused-ring (bicyclic) bond motifs is 1. The van der Waals surface area contributed by atoms with Crippen molar-refractivity contribution in [1.29, 1.82) is 0 Å². The Bertz CT molecular complexity index is 392. The number of allylic oxidation sites excluding steroid dienone is 1. The van der Waals surface area contributed by atoms with Crippen molar-refractivity contribution < 1.29 is 4.74 Å². The fourth-order valence-electron chi connectivity index (χ4n) is 2.21. The number of hydrogen-bond donors (Lipinski definition) is 1. The predicted molar refractivity (Wildman–Crippen MR) is 76.3 cm³/mol. The summed E-state index contributed by atoms with van der Waals surface area (Å²) in [5, 5.41) is 3.42. The highest BCUT2D eigenvalue weighted by atomic mass is 16.5. The van der Waals surface area contributed by atoms with Crippen LogP contribution in [0.3, 0.4) is 0 Å². The van der Waals surface area contributed by atoms with Gasteiger partial charge in [0, 0.05) is 6.54 Å². The Balaban J connectivity index is 1.80. The van der Waals surface area contributed by atoms with Gasteiger partial charge in [-0.25, -0.2) is 0 Å². The van der Waals surface area contributed by atoms with Crippen molar-refractivity contribution >= 4 is 5.69 Å². The van der Waals surface area contributed by atoms with Crippen LogP contribution in [0.2, 0.25) is 0 Å². The number of rotatable bonds is 6. The van der Waals surface area contributed by atoms with E-state index in [0.717, 1.165) is 43.9 Å². The van der Waals surface area contributed by atoms with E-state index in [2.05, 4.69) is 29.9 Å². The molecule has 18 heavy (non-hydrogen) atoms. The van der Waals surface area contributed by atoms with E-state index >= 15 is 0 Å². The molecule has 1 N–H and O–H groups in total. The van der Waals surface area contributed by atoms with E-state index in [-0.39, 0.29) is 6.10 Å². The first-order valence-electron chi connectivity index (χ1n) is 6.58. The zero-order chi connectivity index (χ0) is 12.8. The van der Waals surface area contributed by atoms with Crippen molar-refractivity contribution in [2.75, 3.05) is 32.0 Å². The molecule has 0 aromatic heterocycles. The molecule has 1 aliphatic rings. The maximum atomic E-state index is 5.98. The van der Waals surface area contributed by atoms with Gasteiger partial charge in [0.2, 0.25) is 0 Å². The lowest BCUT2D eigenvalue weighted by Crippen LogP contribution is -2.40. The van der Waals surface area contributed by atoms with Crippen molar-refractivity contribution in [3.8, 4) is 5.75 Å². The molecule has 1 aromatic rings. The fraction of sp³-hybridized carbons (Fsp3) is 0.467. The van der Waals surface area contributed by atoms with Crippen LogP contribution in [0.25, 0.3) is 0 Å². The van der Waals surface area contributed by atoms with E-state index < -0.39 is 0 Å². The summed E-state index contributed by atoms with van der Waals surface area (Å²) in [5.41, 5.74) is 1.10. The third kappa shape index (κ3) is 3.50. The fourth-order valence-corrected chi connectivity index (χ4v) is 2.21. The first-order chi connectivity index (χ1) is 8.79. The summed E-state index contributed by atoms with van der Waals surface area (Å²) < 4.78 is 5.98. The lowest BCUT2D eigenvalue weighted by molar-refractivity contribution is 0.151. The van der Waals surface area contributed by atoms with Crippen LogP contribution in [0.15, 0.2) is 36.9 Å². The monoisotopic (exact) mass is 246 g/mol. The van der Waals surface area contributed by atoms with E-state index in [1.807, 2.05) is 24.3 Å². The van der Waals surface area contributed by atoms with Gasteiger partial charge in [0.05, 0.1) is 12.2 Å². The SMILES string of the molecule is C=CCCCN(C)CC1CNc2ccccc2O1. The number of nitrogens with zero attached hydrogens (tertiary/aromatic N) is 1. The van der Waals surface area contributed by atoms with E-state index in [0.29, 0.717) is 0 Å². The van der Waals surface area contributed by atoms with Crippen LogP contribution in [0, 0.1) is 0 Å². The lowest BCUT2D eigenvalue weighted by Gasteiger charge is -2.30. The van der Waals surface area contributed by atoms with Gasteiger partial charge in [-0.3, -0.25) is 0 Å². The van der Waals surface area contributed by atoms with Crippen LogP contribution in [-0.4, -0.2) is 37.7 Å². The molecule has 1 aromatic carbocycles. The minimum Gasteiger partial charge on any atom is -0.485 e. The molecule has 1 unspecified atom stereocenters. The number of hydrogen-bond acceptors (Lipinski definition) is 3. The van der Waals surface area contributed by atoms with Gasteiger partial charge >= 0.3 is 0 Å². The van der Waals surface area contributed by atoms with E-state index in [4.69, 9.17) is 4.74 Å². The number of anilines is 1. The van der Waals surface area contributed by atoms with Crippen LogP contribution in [0.5, 0.6) is 5.75 Å². The molecule has 0 aliphatic carbocycles. The van der Waals surface area contributed by atoms with E-state index in [9.17, 15) is 0 Å². The van der Waals surface area contributed by atoms with Gasteiger partial charge in [-0.05, 0) is 38.6 Å². The quantitative estimate of drug-likeness (QED) is 0.617. The third-order valence-corrected chi connectivity index (χ3v) is 3.16. The first kappa shape index (κ1) is 13.0. The molecule has 0 saturated carbocycles. The first-order valence-corrected chi connectivity index (χ1v) is 6.58. The zero-order valence-electron chi connectivity index (χ0n) is 11.1. The Hall–Kier alpha value is -1.48. The highest BCUT2D eigenvalue weighted by molar-refractivity contribution is 5.57. The summed E-state index contributed by atoms with van der Waals surface area (Å²) in [4.78, 5) is 2.32. The minimum absolute atomic E-state index is 0.230. The smallest absolute Gasteiger partial charge is 0.142 e. The minimum atomic E-state index is 0.230. The van der Waals surface area contributed by atoms with Gasteiger partial charge < -0.3 is 15.0 Å². The second-order valence-electron chi connectivity index (χ2n) is 4.81. The summed E-state index contributed by atoms with van der Waals surface area (Å²) in [6, 6.07) is 8.11. The molecule has 0 radical (unpaired) electrons. The van der Waals surface area contributed by atoms with Crippen LogP contribution in [0.1, 0.15) is 12.8 Å². The molecular formula is C15H22N2O. The predicted octanol–water partition coefficient (Wildman–Crippen LogP) is 2.76. The van der Waals surface area contributed by atoms with Gasteiger partial charge in [0.1, 0.15) is 11.9 Å². The summed E-state index contributed by atoms with van der Waals surface area (Å²) in [6.45, 7) is 6.67. The number of benzene rings is 1. The summed E-state index contributed by atoms with van der Waals surface area (Å²) in [7, 11) is 2.15. The van der Waals surface area contributed by atoms with Gasteiger partial charge in [-0.2, -0.15) is 0 Å². The molecule has 0 spiro atoms. The molecule has 3 nitrogen and oxygen atoms in total. The number of ether oxygens (including phenoxy) is 1. The van der Waals surface area contributed by atoms with Crippen LogP contribution in [-0.2, 0) is 0 Å². The van der Waals surface area contributed by atoms with Gasteiger partial charge in [-0.1, -0.05) is 18.2 Å². The number of para-hydroxylation sites is 2. The van der Waals surface area contributed by atoms with Gasteiger partial charge in [0.25, 0.3) is 0 Å². The maximum absolute atomic E-state index is 5.98. The van der Waals surface area contributed by atoms with Crippen molar-refractivity contribution in [1.82, 2.24) is 4.90 Å². The molecule has 2 rings (SSSR count). The lowest BCUT2D eigenvalue weighted by atomic mass is 10.2. The average Bonchev–Trinajstić information content (AvgIpc) is 2.39. The molecule has 3 heteroatoms. The van der Waals surface area contributed by atoms with Crippen LogP contribution < -0.4 is 10.1 Å². The second-order valence-corrected chi connectivity index (χ2v) is 4.81.